The van der Waals surface area contributed by atoms with Gasteiger partial charge in [-0.25, -0.2) is 9.97 Å². The minimum Gasteiger partial charge on any atom is -0.233 e. The van der Waals surface area contributed by atoms with Gasteiger partial charge in [-0.15, -0.1) is 11.3 Å². The number of thiophene rings is 1. The number of hydrogen-bond donors (Lipinski definition) is 0. The van der Waals surface area contributed by atoms with Crippen LogP contribution in [0.5, 0.6) is 0 Å². The van der Waals surface area contributed by atoms with Crippen LogP contribution < -0.4 is 0 Å². The molecule has 0 aliphatic rings. The third kappa shape index (κ3) is 3.37. The first-order valence-electron chi connectivity index (χ1n) is 10.7. The molecule has 2 heterocycles. The van der Waals surface area contributed by atoms with E-state index < -0.39 is 0 Å². The van der Waals surface area contributed by atoms with E-state index in [0.29, 0.717) is 0 Å². The molecule has 4 aromatic carbocycles. The molecule has 2 nitrogen and oxygen atoms in total. The minimum absolute atomic E-state index is 0.757. The van der Waals surface area contributed by atoms with E-state index in [1.807, 2.05) is 24.3 Å². The first-order chi connectivity index (χ1) is 15.7. The van der Waals surface area contributed by atoms with Gasteiger partial charge in [0.1, 0.15) is 0 Å². The lowest BCUT2D eigenvalue weighted by molar-refractivity contribution is 1.12. The monoisotopic (exact) mass is 428 g/mol. The van der Waals surface area contributed by atoms with Gasteiger partial charge in [-0.1, -0.05) is 72.8 Å². The largest absolute Gasteiger partial charge is 0.233 e. The molecule has 0 atom stereocenters. The normalized spacial score (nSPS) is 11.3. The summed E-state index contributed by atoms with van der Waals surface area (Å²) in [5, 5.41) is 2.59. The summed E-state index contributed by atoms with van der Waals surface area (Å²) in [6.07, 6.45) is 0. The Bertz CT molecular complexity index is 1580. The summed E-state index contributed by atoms with van der Waals surface area (Å²) in [5.41, 5.74) is 6.42. The molecule has 0 N–H and O–H groups in total. The average molecular weight is 429 g/mol. The zero-order chi connectivity index (χ0) is 21.5. The van der Waals surface area contributed by atoms with Crippen LogP contribution in [0, 0.1) is 6.92 Å². The number of aryl methyl sites for hydroxylation is 1. The lowest BCUT2D eigenvalue weighted by Crippen LogP contribution is -1.95. The van der Waals surface area contributed by atoms with Gasteiger partial charge < -0.3 is 0 Å². The summed E-state index contributed by atoms with van der Waals surface area (Å²) >= 11 is 1.84. The molecule has 0 amide bonds. The van der Waals surface area contributed by atoms with E-state index in [1.165, 1.54) is 31.3 Å². The van der Waals surface area contributed by atoms with Gasteiger partial charge in [0.25, 0.3) is 0 Å². The van der Waals surface area contributed by atoms with Crippen LogP contribution in [-0.4, -0.2) is 9.97 Å². The summed E-state index contributed by atoms with van der Waals surface area (Å²) in [5.74, 6) is 0.757. The Hall–Kier alpha value is -3.82. The summed E-state index contributed by atoms with van der Waals surface area (Å²) in [6, 6.07) is 36.2. The summed E-state index contributed by atoms with van der Waals surface area (Å²) < 4.78 is 2.62. The van der Waals surface area contributed by atoms with Crippen LogP contribution in [0.1, 0.15) is 5.69 Å². The van der Waals surface area contributed by atoms with Gasteiger partial charge in [0.2, 0.25) is 0 Å². The van der Waals surface area contributed by atoms with Crippen molar-refractivity contribution < 1.29 is 0 Å². The van der Waals surface area contributed by atoms with Crippen molar-refractivity contribution in [2.75, 3.05) is 0 Å². The van der Waals surface area contributed by atoms with Crippen LogP contribution in [0.2, 0.25) is 0 Å². The van der Waals surface area contributed by atoms with Crippen LogP contribution in [0.4, 0.5) is 0 Å². The second-order valence-corrected chi connectivity index (χ2v) is 9.06. The molecule has 0 fully saturated rings. The fourth-order valence-electron chi connectivity index (χ4n) is 4.20. The van der Waals surface area contributed by atoms with E-state index in [1.54, 1.807) is 0 Å². The van der Waals surface area contributed by atoms with E-state index >= 15 is 0 Å². The fraction of sp³-hybridized carbons (Fsp3) is 0.0345. The lowest BCUT2D eigenvalue weighted by atomic mass is 10.0. The van der Waals surface area contributed by atoms with Crippen LogP contribution in [0.15, 0.2) is 103 Å². The zero-order valence-electron chi connectivity index (χ0n) is 17.6. The molecule has 2 aromatic heterocycles. The van der Waals surface area contributed by atoms with Gasteiger partial charge in [0.05, 0.1) is 5.69 Å². The molecule has 0 aliphatic heterocycles. The van der Waals surface area contributed by atoms with Crippen molar-refractivity contribution in [3.63, 3.8) is 0 Å². The predicted molar refractivity (Wildman–Crippen MR) is 136 cm³/mol. The van der Waals surface area contributed by atoms with E-state index in [0.717, 1.165) is 28.3 Å². The molecule has 0 radical (unpaired) electrons. The van der Waals surface area contributed by atoms with Gasteiger partial charge in [0.15, 0.2) is 5.82 Å². The van der Waals surface area contributed by atoms with Crippen molar-refractivity contribution in [3.05, 3.63) is 109 Å². The van der Waals surface area contributed by atoms with Gasteiger partial charge in [-0.2, -0.15) is 0 Å². The maximum atomic E-state index is 4.97. The lowest BCUT2D eigenvalue weighted by Gasteiger charge is -2.09. The molecule has 0 saturated heterocycles. The topological polar surface area (TPSA) is 25.8 Å². The molecule has 0 spiro atoms. The van der Waals surface area contributed by atoms with Crippen molar-refractivity contribution in [2.45, 2.75) is 6.92 Å². The number of benzene rings is 4. The molecule has 3 heteroatoms. The molecular weight excluding hydrogens is 408 g/mol. The van der Waals surface area contributed by atoms with Crippen molar-refractivity contribution in [1.82, 2.24) is 9.97 Å². The summed E-state index contributed by atoms with van der Waals surface area (Å²) in [6.45, 7) is 2.04. The van der Waals surface area contributed by atoms with Crippen molar-refractivity contribution in [2.24, 2.45) is 0 Å². The van der Waals surface area contributed by atoms with E-state index in [9.17, 15) is 0 Å². The molecule has 0 aliphatic carbocycles. The average Bonchev–Trinajstić information content (AvgIpc) is 3.22. The maximum absolute atomic E-state index is 4.97. The SMILES string of the molecule is Cc1cc(-c2ccc3sc4ccccc4c3c2)nc(-c2cccc(-c3ccccc3)c2)n1. The highest BCUT2D eigenvalue weighted by Crippen LogP contribution is 2.36. The van der Waals surface area contributed by atoms with Gasteiger partial charge in [-0.3, -0.25) is 0 Å². The maximum Gasteiger partial charge on any atom is 0.160 e. The smallest absolute Gasteiger partial charge is 0.160 e. The van der Waals surface area contributed by atoms with Gasteiger partial charge in [0, 0.05) is 37.0 Å². The highest BCUT2D eigenvalue weighted by Gasteiger charge is 2.11. The highest BCUT2D eigenvalue weighted by molar-refractivity contribution is 7.25. The Morgan fingerprint density at radius 1 is 0.531 bits per heavy atom. The van der Waals surface area contributed by atoms with E-state index in [-0.39, 0.29) is 0 Å². The second kappa shape index (κ2) is 7.70. The first kappa shape index (κ1) is 18.9. The number of hydrogen-bond acceptors (Lipinski definition) is 3. The Balaban J connectivity index is 1.46. The van der Waals surface area contributed by atoms with Gasteiger partial charge in [-0.05, 0) is 48.4 Å². The second-order valence-electron chi connectivity index (χ2n) is 7.97. The molecule has 0 bridgehead atoms. The Morgan fingerprint density at radius 2 is 1.28 bits per heavy atom. The number of aromatic nitrogens is 2. The summed E-state index contributed by atoms with van der Waals surface area (Å²) in [7, 11) is 0. The van der Waals surface area contributed by atoms with Gasteiger partial charge >= 0.3 is 0 Å². The van der Waals surface area contributed by atoms with Crippen LogP contribution >= 0.6 is 11.3 Å². The van der Waals surface area contributed by atoms with Crippen molar-refractivity contribution >= 4 is 31.5 Å². The van der Waals surface area contributed by atoms with E-state index in [4.69, 9.17) is 9.97 Å². The quantitative estimate of drug-likeness (QED) is 0.284. The number of nitrogens with zero attached hydrogens (tertiary/aromatic N) is 2. The standard InChI is InChI=1S/C29H20N2S/c1-19-16-26(22-14-15-28-25(18-22)24-12-5-6-13-27(24)32-28)31-29(30-19)23-11-7-10-21(17-23)20-8-3-2-4-9-20/h2-18H,1H3. The predicted octanol–water partition coefficient (Wildman–Crippen LogP) is 8.15. The Labute approximate surface area is 190 Å². The van der Waals surface area contributed by atoms with Crippen LogP contribution in [0.3, 0.4) is 0 Å². The van der Waals surface area contributed by atoms with Crippen LogP contribution in [-0.2, 0) is 0 Å². The van der Waals surface area contributed by atoms with Crippen LogP contribution in [0.25, 0.3) is 53.9 Å². The molecule has 0 unspecified atom stereocenters. The third-order valence-corrected chi connectivity index (χ3v) is 6.91. The Kier molecular flexibility index (Phi) is 4.55. The number of rotatable bonds is 3. The fourth-order valence-corrected chi connectivity index (χ4v) is 5.29. The molecule has 32 heavy (non-hydrogen) atoms. The first-order valence-corrected chi connectivity index (χ1v) is 11.5. The Morgan fingerprint density at radius 3 is 2.19 bits per heavy atom. The molecule has 6 aromatic rings. The number of fused-ring (bicyclic) bond motifs is 3. The molecule has 152 valence electrons. The zero-order valence-corrected chi connectivity index (χ0v) is 18.4. The van der Waals surface area contributed by atoms with Crippen molar-refractivity contribution in [1.29, 1.82) is 0 Å². The third-order valence-electron chi connectivity index (χ3n) is 5.75. The minimum atomic E-state index is 0.757. The molecule has 0 saturated carbocycles. The highest BCUT2D eigenvalue weighted by atomic mass is 32.1. The van der Waals surface area contributed by atoms with E-state index in [2.05, 4.69) is 97.1 Å². The van der Waals surface area contributed by atoms with Crippen molar-refractivity contribution in [3.8, 4) is 33.8 Å². The molecule has 6 rings (SSSR count). The molecular formula is C29H20N2S. The summed E-state index contributed by atoms with van der Waals surface area (Å²) in [4.78, 5) is 9.73.